The van der Waals surface area contributed by atoms with Gasteiger partial charge in [-0.15, -0.1) is 11.3 Å². The van der Waals surface area contributed by atoms with Crippen molar-refractivity contribution < 1.29 is 4.79 Å². The molecule has 1 amide bonds. The molecule has 1 atom stereocenters. The smallest absolute Gasteiger partial charge is 0.252 e. The quantitative estimate of drug-likeness (QED) is 0.892. The van der Waals surface area contributed by atoms with Crippen molar-refractivity contribution >= 4 is 33.2 Å². The van der Waals surface area contributed by atoms with E-state index in [9.17, 15) is 4.79 Å². The first-order valence-electron chi connectivity index (χ1n) is 6.31. The SMILES string of the molecule is CN(C)C(CNC(=O)c1csc(Br)c1)c1ccccc1. The molecular weight excluding hydrogens is 336 g/mol. The fourth-order valence-corrected chi connectivity index (χ4v) is 3.13. The highest BCUT2D eigenvalue weighted by atomic mass is 79.9. The van der Waals surface area contributed by atoms with E-state index in [0.717, 1.165) is 3.79 Å². The minimum atomic E-state index is -0.0327. The number of hydrogen-bond acceptors (Lipinski definition) is 3. The van der Waals surface area contributed by atoms with E-state index in [1.165, 1.54) is 16.9 Å². The average Bonchev–Trinajstić information content (AvgIpc) is 2.86. The van der Waals surface area contributed by atoms with Crippen LogP contribution in [0.1, 0.15) is 22.0 Å². The van der Waals surface area contributed by atoms with Gasteiger partial charge in [0, 0.05) is 11.9 Å². The molecule has 2 aromatic rings. The molecule has 1 N–H and O–H groups in total. The molecule has 1 aromatic heterocycles. The molecule has 0 radical (unpaired) electrons. The van der Waals surface area contributed by atoms with Crippen molar-refractivity contribution in [2.24, 2.45) is 0 Å². The number of likely N-dealkylation sites (N-methyl/N-ethyl adjacent to an activating group) is 1. The van der Waals surface area contributed by atoms with Crippen molar-refractivity contribution in [1.29, 1.82) is 0 Å². The van der Waals surface area contributed by atoms with Crippen LogP contribution in [-0.2, 0) is 0 Å². The lowest BCUT2D eigenvalue weighted by Crippen LogP contribution is -2.34. The third-order valence-corrected chi connectivity index (χ3v) is 4.60. The van der Waals surface area contributed by atoms with Crippen LogP contribution in [0.4, 0.5) is 0 Å². The predicted molar refractivity (Wildman–Crippen MR) is 87.2 cm³/mol. The molecule has 106 valence electrons. The van der Waals surface area contributed by atoms with Gasteiger partial charge >= 0.3 is 0 Å². The van der Waals surface area contributed by atoms with Gasteiger partial charge in [-0.2, -0.15) is 0 Å². The minimum Gasteiger partial charge on any atom is -0.350 e. The summed E-state index contributed by atoms with van der Waals surface area (Å²) in [6.45, 7) is 0.587. The van der Waals surface area contributed by atoms with Gasteiger partial charge in [-0.05, 0) is 41.7 Å². The van der Waals surface area contributed by atoms with Gasteiger partial charge in [-0.1, -0.05) is 30.3 Å². The van der Waals surface area contributed by atoms with Crippen molar-refractivity contribution in [1.82, 2.24) is 10.2 Å². The Hall–Kier alpha value is -1.17. The molecule has 0 aliphatic heterocycles. The molecule has 1 heterocycles. The predicted octanol–water partition coefficient (Wildman–Crippen LogP) is 3.54. The summed E-state index contributed by atoms with van der Waals surface area (Å²) in [5, 5.41) is 4.85. The minimum absolute atomic E-state index is 0.0327. The van der Waals surface area contributed by atoms with Crippen molar-refractivity contribution in [3.8, 4) is 0 Å². The highest BCUT2D eigenvalue weighted by Crippen LogP contribution is 2.21. The summed E-state index contributed by atoms with van der Waals surface area (Å²) in [5.41, 5.74) is 1.90. The van der Waals surface area contributed by atoms with E-state index < -0.39 is 0 Å². The molecule has 20 heavy (non-hydrogen) atoms. The Kier molecular flexibility index (Phi) is 5.34. The van der Waals surface area contributed by atoms with E-state index in [1.54, 1.807) is 0 Å². The molecule has 0 aliphatic carbocycles. The van der Waals surface area contributed by atoms with Gasteiger partial charge in [0.25, 0.3) is 5.91 Å². The number of benzene rings is 1. The molecule has 5 heteroatoms. The van der Waals surface area contributed by atoms with Crippen LogP contribution in [0.5, 0.6) is 0 Å². The Balaban J connectivity index is 2.01. The fourth-order valence-electron chi connectivity index (χ4n) is 1.99. The Morgan fingerprint density at radius 1 is 1.35 bits per heavy atom. The van der Waals surface area contributed by atoms with Gasteiger partial charge in [-0.25, -0.2) is 0 Å². The van der Waals surface area contributed by atoms with Gasteiger partial charge in [0.05, 0.1) is 15.4 Å². The molecule has 0 saturated heterocycles. The van der Waals surface area contributed by atoms with E-state index in [1.807, 2.05) is 43.7 Å². The molecule has 2 rings (SSSR count). The summed E-state index contributed by atoms with van der Waals surface area (Å²) in [6, 6.07) is 12.2. The Bertz CT molecular complexity index is 568. The summed E-state index contributed by atoms with van der Waals surface area (Å²) >= 11 is 4.89. The second-order valence-corrected chi connectivity index (χ2v) is 7.03. The second-order valence-electron chi connectivity index (χ2n) is 4.74. The third-order valence-electron chi connectivity index (χ3n) is 3.09. The lowest BCUT2D eigenvalue weighted by atomic mass is 10.1. The van der Waals surface area contributed by atoms with E-state index in [-0.39, 0.29) is 11.9 Å². The molecule has 3 nitrogen and oxygen atoms in total. The first-order chi connectivity index (χ1) is 9.58. The van der Waals surface area contributed by atoms with Crippen LogP contribution in [0, 0.1) is 0 Å². The molecular formula is C15H17BrN2OS. The number of halogens is 1. The number of nitrogens with one attached hydrogen (secondary N) is 1. The molecule has 0 spiro atoms. The lowest BCUT2D eigenvalue weighted by molar-refractivity contribution is 0.0942. The fraction of sp³-hybridized carbons (Fsp3) is 0.267. The molecule has 1 aromatic carbocycles. The zero-order chi connectivity index (χ0) is 14.5. The van der Waals surface area contributed by atoms with Crippen LogP contribution in [0.2, 0.25) is 0 Å². The monoisotopic (exact) mass is 352 g/mol. The maximum absolute atomic E-state index is 12.1. The molecule has 0 aliphatic rings. The number of hydrogen-bond donors (Lipinski definition) is 1. The summed E-state index contributed by atoms with van der Waals surface area (Å²) in [4.78, 5) is 14.2. The van der Waals surface area contributed by atoms with Crippen LogP contribution in [0.3, 0.4) is 0 Å². The van der Waals surface area contributed by atoms with Crippen LogP contribution in [0.15, 0.2) is 45.6 Å². The number of thiophene rings is 1. The lowest BCUT2D eigenvalue weighted by Gasteiger charge is -2.25. The zero-order valence-electron chi connectivity index (χ0n) is 11.5. The number of amides is 1. The maximum atomic E-state index is 12.1. The first-order valence-corrected chi connectivity index (χ1v) is 7.99. The van der Waals surface area contributed by atoms with Gasteiger partial charge in [0.2, 0.25) is 0 Å². The second kappa shape index (κ2) is 7.02. The largest absolute Gasteiger partial charge is 0.350 e. The van der Waals surface area contributed by atoms with Crippen molar-refractivity contribution in [2.75, 3.05) is 20.6 Å². The van der Waals surface area contributed by atoms with Gasteiger partial charge in [-0.3, -0.25) is 4.79 Å². The van der Waals surface area contributed by atoms with Gasteiger partial charge < -0.3 is 10.2 Å². The van der Waals surface area contributed by atoms with Crippen molar-refractivity contribution in [3.63, 3.8) is 0 Å². The summed E-state index contributed by atoms with van der Waals surface area (Å²) in [5.74, 6) is -0.0327. The topological polar surface area (TPSA) is 32.3 Å². The Labute approximate surface area is 131 Å². The average molecular weight is 353 g/mol. The van der Waals surface area contributed by atoms with Gasteiger partial charge in [0.1, 0.15) is 0 Å². The first kappa shape index (κ1) is 15.2. The Morgan fingerprint density at radius 3 is 2.60 bits per heavy atom. The molecule has 0 bridgehead atoms. The van der Waals surface area contributed by atoms with Crippen molar-refractivity contribution in [3.05, 3.63) is 56.7 Å². The molecule has 1 unspecified atom stereocenters. The number of carbonyl (C=O) groups excluding carboxylic acids is 1. The number of nitrogens with zero attached hydrogens (tertiary/aromatic N) is 1. The van der Waals surface area contributed by atoms with E-state index in [2.05, 4.69) is 38.3 Å². The highest BCUT2D eigenvalue weighted by Gasteiger charge is 2.16. The Morgan fingerprint density at radius 2 is 2.05 bits per heavy atom. The normalized spacial score (nSPS) is 12.4. The number of rotatable bonds is 5. The standard InChI is InChI=1S/C15H17BrN2OS/c1-18(2)13(11-6-4-3-5-7-11)9-17-15(19)12-8-14(16)20-10-12/h3-8,10,13H,9H2,1-2H3,(H,17,19). The summed E-state index contributed by atoms with van der Waals surface area (Å²) < 4.78 is 0.967. The highest BCUT2D eigenvalue weighted by molar-refractivity contribution is 9.11. The van der Waals surface area contributed by atoms with E-state index in [0.29, 0.717) is 12.1 Å². The summed E-state index contributed by atoms with van der Waals surface area (Å²) in [6.07, 6.45) is 0. The van der Waals surface area contributed by atoms with Crippen LogP contribution < -0.4 is 5.32 Å². The third kappa shape index (κ3) is 3.91. The molecule has 0 saturated carbocycles. The maximum Gasteiger partial charge on any atom is 0.252 e. The molecule has 0 fully saturated rings. The summed E-state index contributed by atoms with van der Waals surface area (Å²) in [7, 11) is 4.04. The van der Waals surface area contributed by atoms with Crippen LogP contribution >= 0.6 is 27.3 Å². The number of carbonyl (C=O) groups is 1. The van der Waals surface area contributed by atoms with E-state index >= 15 is 0 Å². The van der Waals surface area contributed by atoms with Crippen LogP contribution in [-0.4, -0.2) is 31.4 Å². The van der Waals surface area contributed by atoms with Crippen molar-refractivity contribution in [2.45, 2.75) is 6.04 Å². The van der Waals surface area contributed by atoms with E-state index in [4.69, 9.17) is 0 Å². The zero-order valence-corrected chi connectivity index (χ0v) is 13.9. The van der Waals surface area contributed by atoms with Gasteiger partial charge in [0.15, 0.2) is 0 Å². The van der Waals surface area contributed by atoms with Crippen LogP contribution in [0.25, 0.3) is 0 Å².